The first kappa shape index (κ1) is 14.2. The number of benzene rings is 1. The van der Waals surface area contributed by atoms with Crippen molar-refractivity contribution in [1.82, 2.24) is 5.32 Å². The zero-order valence-corrected chi connectivity index (χ0v) is 11.2. The van der Waals surface area contributed by atoms with E-state index in [9.17, 15) is 4.79 Å². The van der Waals surface area contributed by atoms with Crippen molar-refractivity contribution in [3.05, 3.63) is 30.4 Å². The first-order valence-corrected chi connectivity index (χ1v) is 6.37. The van der Waals surface area contributed by atoms with Crippen LogP contribution in [-0.4, -0.2) is 32.4 Å². The van der Waals surface area contributed by atoms with E-state index in [1.807, 2.05) is 6.07 Å². The number of hydrogen-bond acceptors (Lipinski definition) is 5. The van der Waals surface area contributed by atoms with Crippen LogP contribution in [-0.2, 0) is 11.2 Å². The number of ether oxygens (including phenoxy) is 3. The number of rotatable bonds is 7. The Morgan fingerprint density at radius 1 is 1.45 bits per heavy atom. The first-order chi connectivity index (χ1) is 9.74. The summed E-state index contributed by atoms with van der Waals surface area (Å²) >= 11 is 0. The van der Waals surface area contributed by atoms with Crippen LogP contribution in [0.3, 0.4) is 0 Å². The topological polar surface area (TPSA) is 82.8 Å². The normalized spacial score (nSPS) is 12.1. The Balaban J connectivity index is 2.05. The van der Waals surface area contributed by atoms with E-state index >= 15 is 0 Å². The fraction of sp³-hybridized carbons (Fsp3) is 0.357. The van der Waals surface area contributed by atoms with E-state index in [1.165, 1.54) is 0 Å². The van der Waals surface area contributed by atoms with E-state index in [0.29, 0.717) is 36.8 Å². The smallest absolute Gasteiger partial charge is 0.258 e. The molecule has 6 heteroatoms. The number of nitrogens with two attached hydrogens (primary N) is 1. The van der Waals surface area contributed by atoms with Gasteiger partial charge in [0, 0.05) is 12.6 Å². The second-order valence-electron chi connectivity index (χ2n) is 4.23. The van der Waals surface area contributed by atoms with Crippen molar-refractivity contribution in [2.75, 3.05) is 26.5 Å². The maximum absolute atomic E-state index is 11.5. The fourth-order valence-electron chi connectivity index (χ4n) is 1.83. The number of amides is 1. The van der Waals surface area contributed by atoms with Gasteiger partial charge in [0.15, 0.2) is 18.1 Å². The molecule has 1 aromatic rings. The summed E-state index contributed by atoms with van der Waals surface area (Å²) < 4.78 is 16.1. The van der Waals surface area contributed by atoms with Crippen LogP contribution >= 0.6 is 0 Å². The molecule has 1 aliphatic rings. The van der Waals surface area contributed by atoms with E-state index in [1.54, 1.807) is 12.1 Å². The van der Waals surface area contributed by atoms with Crippen molar-refractivity contribution in [3.8, 4) is 17.2 Å². The molecule has 0 radical (unpaired) electrons. The van der Waals surface area contributed by atoms with Crippen molar-refractivity contribution < 1.29 is 19.0 Å². The van der Waals surface area contributed by atoms with E-state index in [-0.39, 0.29) is 19.3 Å². The summed E-state index contributed by atoms with van der Waals surface area (Å²) in [6.07, 6.45) is 2.25. The van der Waals surface area contributed by atoms with Crippen molar-refractivity contribution >= 4 is 5.91 Å². The number of carbonyl (C=O) groups is 1. The van der Waals surface area contributed by atoms with Crippen LogP contribution in [0.5, 0.6) is 17.2 Å². The molecule has 0 spiro atoms. The molecule has 0 atom stereocenters. The molecule has 20 heavy (non-hydrogen) atoms. The summed E-state index contributed by atoms with van der Waals surface area (Å²) in [5.74, 6) is 1.68. The Morgan fingerprint density at radius 2 is 2.20 bits per heavy atom. The molecule has 0 fully saturated rings. The lowest BCUT2D eigenvalue weighted by molar-refractivity contribution is -0.122. The molecule has 2 rings (SSSR count). The maximum atomic E-state index is 11.5. The van der Waals surface area contributed by atoms with E-state index < -0.39 is 0 Å². The van der Waals surface area contributed by atoms with Gasteiger partial charge in [-0.15, -0.1) is 6.58 Å². The first-order valence-electron chi connectivity index (χ1n) is 6.37. The lowest BCUT2D eigenvalue weighted by Crippen LogP contribution is -2.29. The van der Waals surface area contributed by atoms with E-state index in [2.05, 4.69) is 11.9 Å². The van der Waals surface area contributed by atoms with E-state index in [0.717, 1.165) is 5.56 Å². The van der Waals surface area contributed by atoms with Crippen LogP contribution in [0, 0.1) is 0 Å². The lowest BCUT2D eigenvalue weighted by Gasteiger charge is -2.12. The van der Waals surface area contributed by atoms with Crippen LogP contribution < -0.4 is 25.3 Å². The minimum absolute atomic E-state index is 0.0644. The van der Waals surface area contributed by atoms with Gasteiger partial charge in [-0.25, -0.2) is 0 Å². The highest BCUT2D eigenvalue weighted by molar-refractivity contribution is 5.77. The van der Waals surface area contributed by atoms with Crippen molar-refractivity contribution in [2.45, 2.75) is 6.42 Å². The van der Waals surface area contributed by atoms with Gasteiger partial charge in [0.2, 0.25) is 6.79 Å². The van der Waals surface area contributed by atoms with Gasteiger partial charge in [-0.05, 0) is 24.6 Å². The lowest BCUT2D eigenvalue weighted by atomic mass is 10.1. The molecule has 1 aliphatic heterocycles. The third-order valence-electron chi connectivity index (χ3n) is 2.77. The molecule has 108 valence electrons. The molecule has 1 heterocycles. The maximum Gasteiger partial charge on any atom is 0.258 e. The number of carbonyl (C=O) groups excluding carboxylic acids is 1. The molecule has 1 aromatic carbocycles. The minimum atomic E-state index is -0.207. The Morgan fingerprint density at radius 3 is 2.90 bits per heavy atom. The number of fused-ring (bicyclic) bond motifs is 1. The van der Waals surface area contributed by atoms with Crippen molar-refractivity contribution in [3.63, 3.8) is 0 Å². The van der Waals surface area contributed by atoms with Gasteiger partial charge >= 0.3 is 0 Å². The summed E-state index contributed by atoms with van der Waals surface area (Å²) in [4.78, 5) is 11.5. The third kappa shape index (κ3) is 3.42. The molecule has 0 unspecified atom stereocenters. The monoisotopic (exact) mass is 278 g/mol. The molecule has 0 aromatic heterocycles. The van der Waals surface area contributed by atoms with Gasteiger partial charge in [-0.2, -0.15) is 0 Å². The zero-order chi connectivity index (χ0) is 14.4. The molecule has 0 aliphatic carbocycles. The second kappa shape index (κ2) is 6.81. The molecule has 0 saturated carbocycles. The van der Waals surface area contributed by atoms with Crippen LogP contribution in [0.15, 0.2) is 24.8 Å². The van der Waals surface area contributed by atoms with Gasteiger partial charge in [-0.1, -0.05) is 6.08 Å². The summed E-state index contributed by atoms with van der Waals surface area (Å²) in [5.41, 5.74) is 6.47. The Kier molecular flexibility index (Phi) is 4.84. The van der Waals surface area contributed by atoms with Crippen molar-refractivity contribution in [2.24, 2.45) is 5.73 Å². The van der Waals surface area contributed by atoms with Gasteiger partial charge < -0.3 is 25.3 Å². The zero-order valence-electron chi connectivity index (χ0n) is 11.2. The van der Waals surface area contributed by atoms with Gasteiger partial charge in [-0.3, -0.25) is 4.79 Å². The molecule has 3 N–H and O–H groups in total. The average Bonchev–Trinajstić information content (AvgIpc) is 2.90. The molecular formula is C14H18N2O4. The summed E-state index contributed by atoms with van der Waals surface area (Å²) in [6.45, 7) is 4.56. The largest absolute Gasteiger partial charge is 0.483 e. The highest BCUT2D eigenvalue weighted by atomic mass is 16.7. The molecule has 0 bridgehead atoms. The highest BCUT2D eigenvalue weighted by Crippen LogP contribution is 2.38. The number of hydrogen-bond donors (Lipinski definition) is 2. The van der Waals surface area contributed by atoms with Crippen LogP contribution in [0.1, 0.15) is 5.56 Å². The molecule has 0 saturated heterocycles. The SMILES string of the molecule is C=CCNC(=O)COc1cc2c(cc1CCN)OCO2. The standard InChI is InChI=1S/C14H18N2O4/c1-2-5-16-14(17)8-18-11-7-13-12(19-9-20-13)6-10(11)3-4-15/h2,6-7H,1,3-5,8-9,15H2,(H,16,17). The van der Waals surface area contributed by atoms with E-state index in [4.69, 9.17) is 19.9 Å². The summed E-state index contributed by atoms with van der Waals surface area (Å²) in [5, 5.41) is 2.64. The van der Waals surface area contributed by atoms with Crippen LogP contribution in [0.25, 0.3) is 0 Å². The predicted octanol–water partition coefficient (Wildman–Crippen LogP) is 0.597. The number of nitrogens with one attached hydrogen (secondary N) is 1. The molecule has 6 nitrogen and oxygen atoms in total. The Hall–Kier alpha value is -2.21. The highest BCUT2D eigenvalue weighted by Gasteiger charge is 2.18. The second-order valence-corrected chi connectivity index (χ2v) is 4.23. The van der Waals surface area contributed by atoms with Crippen molar-refractivity contribution in [1.29, 1.82) is 0 Å². The van der Waals surface area contributed by atoms with Gasteiger partial charge in [0.05, 0.1) is 0 Å². The predicted molar refractivity (Wildman–Crippen MR) is 74.0 cm³/mol. The Bertz CT molecular complexity index is 502. The molecular weight excluding hydrogens is 260 g/mol. The van der Waals surface area contributed by atoms with Crippen LogP contribution in [0.4, 0.5) is 0 Å². The Labute approximate surface area is 117 Å². The van der Waals surface area contributed by atoms with Gasteiger partial charge in [0.1, 0.15) is 5.75 Å². The third-order valence-corrected chi connectivity index (χ3v) is 2.77. The van der Waals surface area contributed by atoms with Crippen LogP contribution in [0.2, 0.25) is 0 Å². The quantitative estimate of drug-likeness (QED) is 0.714. The summed E-state index contributed by atoms with van der Waals surface area (Å²) in [7, 11) is 0. The minimum Gasteiger partial charge on any atom is -0.483 e. The average molecular weight is 278 g/mol. The fourth-order valence-corrected chi connectivity index (χ4v) is 1.83. The molecule has 1 amide bonds. The van der Waals surface area contributed by atoms with Gasteiger partial charge in [0.25, 0.3) is 5.91 Å². The summed E-state index contributed by atoms with van der Waals surface area (Å²) in [6, 6.07) is 3.57.